The summed E-state index contributed by atoms with van der Waals surface area (Å²) in [5.74, 6) is 5.79. The third kappa shape index (κ3) is 1.42. The second-order valence-electron chi connectivity index (χ2n) is 3.45. The Morgan fingerprint density at radius 2 is 2.21 bits per heavy atom. The molecule has 4 heteroatoms. The molecule has 0 amide bonds. The minimum Gasteiger partial charge on any atom is -0.307 e. The van der Waals surface area contributed by atoms with E-state index in [9.17, 15) is 0 Å². The number of hydrogen-bond acceptors (Lipinski definition) is 4. The Hall–Kier alpha value is -1.60. The smallest absolute Gasteiger partial charge is 0.158 e. The van der Waals surface area contributed by atoms with Crippen molar-refractivity contribution >= 4 is 5.82 Å². The van der Waals surface area contributed by atoms with E-state index >= 15 is 0 Å². The largest absolute Gasteiger partial charge is 0.307 e. The number of nitrogens with two attached hydrogens (primary N) is 1. The van der Waals surface area contributed by atoms with Gasteiger partial charge < -0.3 is 5.43 Å². The minimum absolute atomic E-state index is 0.494. The average molecular weight is 188 g/mol. The third-order valence-corrected chi connectivity index (χ3v) is 2.56. The summed E-state index contributed by atoms with van der Waals surface area (Å²) in [7, 11) is 0. The van der Waals surface area contributed by atoms with E-state index in [1.165, 1.54) is 18.4 Å². The molecule has 1 aromatic heterocycles. The molecular formula is C10H12N4. The van der Waals surface area contributed by atoms with Gasteiger partial charge in [-0.1, -0.05) is 0 Å². The van der Waals surface area contributed by atoms with Gasteiger partial charge in [-0.2, -0.15) is 5.26 Å². The number of anilines is 1. The first-order valence-corrected chi connectivity index (χ1v) is 4.74. The number of nitrogens with one attached hydrogen (secondary N) is 1. The molecule has 0 fully saturated rings. The van der Waals surface area contributed by atoms with Crippen LogP contribution in [0.3, 0.4) is 0 Å². The van der Waals surface area contributed by atoms with Crippen molar-refractivity contribution in [1.82, 2.24) is 4.98 Å². The Bertz CT molecular complexity index is 392. The number of hydrazine groups is 1. The van der Waals surface area contributed by atoms with Crippen LogP contribution >= 0.6 is 0 Å². The van der Waals surface area contributed by atoms with E-state index in [1.807, 2.05) is 6.07 Å². The van der Waals surface area contributed by atoms with Crippen molar-refractivity contribution in [2.45, 2.75) is 25.7 Å². The van der Waals surface area contributed by atoms with Gasteiger partial charge in [0.05, 0.1) is 5.56 Å². The first-order valence-electron chi connectivity index (χ1n) is 4.74. The van der Waals surface area contributed by atoms with Crippen LogP contribution < -0.4 is 11.3 Å². The molecule has 0 bridgehead atoms. The van der Waals surface area contributed by atoms with Gasteiger partial charge in [-0.3, -0.25) is 0 Å². The predicted molar refractivity (Wildman–Crippen MR) is 53.4 cm³/mol. The number of aromatic nitrogens is 1. The molecule has 0 radical (unpaired) electrons. The Kier molecular flexibility index (Phi) is 2.33. The maximum Gasteiger partial charge on any atom is 0.158 e. The fraction of sp³-hybridized carbons (Fsp3) is 0.400. The van der Waals surface area contributed by atoms with Gasteiger partial charge in [0.1, 0.15) is 6.07 Å². The highest BCUT2D eigenvalue weighted by molar-refractivity contribution is 5.53. The second-order valence-corrected chi connectivity index (χ2v) is 3.45. The molecular weight excluding hydrogens is 176 g/mol. The molecule has 1 aliphatic carbocycles. The van der Waals surface area contributed by atoms with E-state index in [0.717, 1.165) is 18.5 Å². The fourth-order valence-electron chi connectivity index (χ4n) is 1.83. The topological polar surface area (TPSA) is 74.7 Å². The molecule has 14 heavy (non-hydrogen) atoms. The molecule has 4 nitrogen and oxygen atoms in total. The second kappa shape index (κ2) is 3.64. The van der Waals surface area contributed by atoms with E-state index in [4.69, 9.17) is 11.1 Å². The summed E-state index contributed by atoms with van der Waals surface area (Å²) in [5.41, 5.74) is 5.29. The molecule has 1 aromatic rings. The molecule has 0 saturated carbocycles. The lowest BCUT2D eigenvalue weighted by molar-refractivity contribution is 0.668. The van der Waals surface area contributed by atoms with Crippen LogP contribution in [0.25, 0.3) is 0 Å². The average Bonchev–Trinajstić information content (AvgIpc) is 2.27. The van der Waals surface area contributed by atoms with Gasteiger partial charge in [0.2, 0.25) is 0 Å². The summed E-state index contributed by atoms with van der Waals surface area (Å²) >= 11 is 0. The zero-order valence-electron chi connectivity index (χ0n) is 7.88. The van der Waals surface area contributed by atoms with Crippen molar-refractivity contribution < 1.29 is 0 Å². The molecule has 2 rings (SSSR count). The monoisotopic (exact) mass is 188 g/mol. The van der Waals surface area contributed by atoms with Crippen molar-refractivity contribution in [3.8, 4) is 6.07 Å². The van der Waals surface area contributed by atoms with E-state index < -0.39 is 0 Å². The summed E-state index contributed by atoms with van der Waals surface area (Å²) < 4.78 is 0. The highest BCUT2D eigenvalue weighted by Crippen LogP contribution is 2.23. The van der Waals surface area contributed by atoms with Crippen molar-refractivity contribution in [1.29, 1.82) is 5.26 Å². The lowest BCUT2D eigenvalue weighted by Gasteiger charge is -2.16. The maximum atomic E-state index is 8.87. The van der Waals surface area contributed by atoms with E-state index in [-0.39, 0.29) is 0 Å². The summed E-state index contributed by atoms with van der Waals surface area (Å²) in [4.78, 5) is 4.34. The SMILES string of the molecule is N#Cc1cc2c(nc1NN)CCCC2. The number of hydrogen-bond donors (Lipinski definition) is 2. The van der Waals surface area contributed by atoms with Crippen LogP contribution in [0.1, 0.15) is 29.7 Å². The highest BCUT2D eigenvalue weighted by Gasteiger charge is 2.14. The van der Waals surface area contributed by atoms with Gasteiger partial charge in [-0.15, -0.1) is 0 Å². The lowest BCUT2D eigenvalue weighted by atomic mass is 9.95. The number of aryl methyl sites for hydroxylation is 2. The van der Waals surface area contributed by atoms with Gasteiger partial charge >= 0.3 is 0 Å². The van der Waals surface area contributed by atoms with Crippen LogP contribution in [0.4, 0.5) is 5.82 Å². The van der Waals surface area contributed by atoms with Crippen molar-refractivity contribution in [2.75, 3.05) is 5.43 Å². The standard InChI is InChI=1S/C10H12N4/c11-6-8-5-7-3-1-2-4-9(7)13-10(8)14-12/h5H,1-4,12H2,(H,13,14). The number of nitrogen functional groups attached to an aromatic ring is 1. The molecule has 0 unspecified atom stereocenters. The molecule has 0 aromatic carbocycles. The molecule has 0 spiro atoms. The van der Waals surface area contributed by atoms with Crippen LogP contribution in [0, 0.1) is 11.3 Å². The summed E-state index contributed by atoms with van der Waals surface area (Å²) in [6.45, 7) is 0. The molecule has 3 N–H and O–H groups in total. The molecule has 0 saturated heterocycles. The first kappa shape index (κ1) is 8.97. The minimum atomic E-state index is 0.494. The fourth-order valence-corrected chi connectivity index (χ4v) is 1.83. The summed E-state index contributed by atoms with van der Waals surface area (Å²) in [6, 6.07) is 3.99. The van der Waals surface area contributed by atoms with E-state index in [1.54, 1.807) is 0 Å². The lowest BCUT2D eigenvalue weighted by Crippen LogP contribution is -2.14. The zero-order chi connectivity index (χ0) is 9.97. The number of pyridine rings is 1. The van der Waals surface area contributed by atoms with E-state index in [2.05, 4.69) is 16.5 Å². The van der Waals surface area contributed by atoms with Crippen molar-refractivity contribution in [2.24, 2.45) is 5.84 Å². The van der Waals surface area contributed by atoms with Crippen molar-refractivity contribution in [3.05, 3.63) is 22.9 Å². The maximum absolute atomic E-state index is 8.87. The molecule has 0 atom stereocenters. The highest BCUT2D eigenvalue weighted by atomic mass is 15.2. The molecule has 1 aliphatic rings. The van der Waals surface area contributed by atoms with Gasteiger partial charge in [0.15, 0.2) is 5.82 Å². The summed E-state index contributed by atoms with van der Waals surface area (Å²) in [5, 5.41) is 8.87. The molecule has 0 aliphatic heterocycles. The third-order valence-electron chi connectivity index (χ3n) is 2.56. The van der Waals surface area contributed by atoms with Gasteiger partial charge in [0, 0.05) is 5.69 Å². The first-order chi connectivity index (χ1) is 6.85. The van der Waals surface area contributed by atoms with Crippen molar-refractivity contribution in [3.63, 3.8) is 0 Å². The Morgan fingerprint density at radius 1 is 1.43 bits per heavy atom. The number of nitriles is 1. The number of rotatable bonds is 1. The van der Waals surface area contributed by atoms with Gasteiger partial charge in [0.25, 0.3) is 0 Å². The van der Waals surface area contributed by atoms with Crippen LogP contribution in [-0.2, 0) is 12.8 Å². The molecule has 1 heterocycles. The normalized spacial score (nSPS) is 14.3. The van der Waals surface area contributed by atoms with E-state index in [0.29, 0.717) is 11.4 Å². The van der Waals surface area contributed by atoms with Gasteiger partial charge in [-0.25, -0.2) is 10.8 Å². The van der Waals surface area contributed by atoms with Gasteiger partial charge in [-0.05, 0) is 37.3 Å². The van der Waals surface area contributed by atoms with Crippen LogP contribution in [0.5, 0.6) is 0 Å². The molecule has 72 valence electrons. The zero-order valence-corrected chi connectivity index (χ0v) is 7.88. The number of fused-ring (bicyclic) bond motifs is 1. The van der Waals surface area contributed by atoms with Crippen LogP contribution in [0.2, 0.25) is 0 Å². The predicted octanol–water partition coefficient (Wildman–Crippen LogP) is 1.12. The quantitative estimate of drug-likeness (QED) is 0.511. The van der Waals surface area contributed by atoms with Crippen LogP contribution in [0.15, 0.2) is 6.07 Å². The Morgan fingerprint density at radius 3 is 2.93 bits per heavy atom. The Balaban J connectivity index is 2.50. The summed E-state index contributed by atoms with van der Waals surface area (Å²) in [6.07, 6.45) is 4.39. The van der Waals surface area contributed by atoms with Crippen LogP contribution in [-0.4, -0.2) is 4.98 Å². The number of nitrogens with zero attached hydrogens (tertiary/aromatic N) is 2. The Labute approximate surface area is 82.7 Å².